The van der Waals surface area contributed by atoms with E-state index in [1.807, 2.05) is 0 Å². The molecule has 0 fully saturated rings. The number of ether oxygens (including phenoxy) is 3. The molecular formula is C14H20ClNO5. The molecule has 0 saturated heterocycles. The summed E-state index contributed by atoms with van der Waals surface area (Å²) in [6.45, 7) is 3.63. The Balaban J connectivity index is 3.19. The van der Waals surface area contributed by atoms with E-state index >= 15 is 0 Å². The maximum Gasteiger partial charge on any atom is 0.344 e. The van der Waals surface area contributed by atoms with E-state index in [2.05, 4.69) is 4.98 Å². The summed E-state index contributed by atoms with van der Waals surface area (Å²) in [5, 5.41) is 11.0. The molecule has 1 rings (SSSR count). The van der Waals surface area contributed by atoms with Gasteiger partial charge in [-0.25, -0.2) is 4.79 Å². The maximum atomic E-state index is 12.1. The van der Waals surface area contributed by atoms with Gasteiger partial charge in [-0.3, -0.25) is 4.98 Å². The van der Waals surface area contributed by atoms with Crippen LogP contribution in [0.25, 0.3) is 0 Å². The normalized spacial score (nSPS) is 13.8. The highest BCUT2D eigenvalue weighted by atomic mass is 35.5. The fraction of sp³-hybridized carbons (Fsp3) is 0.571. The Morgan fingerprint density at radius 1 is 1.48 bits per heavy atom. The van der Waals surface area contributed by atoms with Crippen molar-refractivity contribution in [1.29, 1.82) is 0 Å². The molecule has 7 heteroatoms. The van der Waals surface area contributed by atoms with Crippen molar-refractivity contribution >= 4 is 17.6 Å². The van der Waals surface area contributed by atoms with E-state index in [4.69, 9.17) is 25.8 Å². The molecule has 0 aliphatic rings. The van der Waals surface area contributed by atoms with Gasteiger partial charge in [-0.15, -0.1) is 0 Å². The monoisotopic (exact) mass is 317 g/mol. The number of esters is 1. The first-order valence-corrected chi connectivity index (χ1v) is 6.99. The molecule has 1 N–H and O–H groups in total. The molecule has 1 atom stereocenters. The fourth-order valence-electron chi connectivity index (χ4n) is 1.85. The summed E-state index contributed by atoms with van der Waals surface area (Å²) < 4.78 is 15.0. The highest BCUT2D eigenvalue weighted by Crippen LogP contribution is 2.31. The van der Waals surface area contributed by atoms with Crippen LogP contribution >= 0.6 is 11.6 Å². The van der Waals surface area contributed by atoms with E-state index in [0.717, 1.165) is 0 Å². The van der Waals surface area contributed by atoms with Gasteiger partial charge in [-0.05, 0) is 19.4 Å². The van der Waals surface area contributed by atoms with Gasteiger partial charge in [0.1, 0.15) is 6.79 Å². The summed E-state index contributed by atoms with van der Waals surface area (Å²) in [4.78, 5) is 16.2. The first-order chi connectivity index (χ1) is 10.0. The highest BCUT2D eigenvalue weighted by Gasteiger charge is 2.41. The molecule has 118 valence electrons. The lowest BCUT2D eigenvalue weighted by Crippen LogP contribution is -2.38. The minimum atomic E-state index is -1.85. The van der Waals surface area contributed by atoms with Gasteiger partial charge < -0.3 is 19.3 Å². The lowest BCUT2D eigenvalue weighted by atomic mass is 9.92. The summed E-state index contributed by atoms with van der Waals surface area (Å²) in [5.41, 5.74) is -1.27. The van der Waals surface area contributed by atoms with E-state index in [9.17, 15) is 9.90 Å². The zero-order chi connectivity index (χ0) is 15.9. The van der Waals surface area contributed by atoms with Crippen molar-refractivity contribution < 1.29 is 24.1 Å². The van der Waals surface area contributed by atoms with Crippen molar-refractivity contribution in [2.75, 3.05) is 20.5 Å². The Hall–Kier alpha value is -1.21. The van der Waals surface area contributed by atoms with Crippen LogP contribution in [0.1, 0.15) is 31.5 Å². The summed E-state index contributed by atoms with van der Waals surface area (Å²) >= 11 is 6.13. The molecule has 0 saturated carbocycles. The van der Waals surface area contributed by atoms with Crippen molar-refractivity contribution in [2.45, 2.75) is 32.5 Å². The van der Waals surface area contributed by atoms with E-state index < -0.39 is 11.6 Å². The van der Waals surface area contributed by atoms with Crippen LogP contribution in [0, 0.1) is 0 Å². The molecule has 0 bridgehead atoms. The number of carbonyl (C=O) groups is 1. The Morgan fingerprint density at radius 3 is 2.76 bits per heavy atom. The SMILES string of the molecule is CCOC(=O)C(O)(CC)c1nccc(Cl)c1COCOC. The lowest BCUT2D eigenvalue weighted by Gasteiger charge is -2.26. The summed E-state index contributed by atoms with van der Waals surface area (Å²) in [6.07, 6.45) is 1.54. The lowest BCUT2D eigenvalue weighted by molar-refractivity contribution is -0.167. The molecule has 1 heterocycles. The molecule has 0 spiro atoms. The number of carbonyl (C=O) groups excluding carboxylic acids is 1. The second-order valence-corrected chi connectivity index (χ2v) is 4.72. The van der Waals surface area contributed by atoms with Crippen LogP contribution in [0.2, 0.25) is 5.02 Å². The van der Waals surface area contributed by atoms with Crippen LogP contribution in [-0.4, -0.2) is 36.6 Å². The Kier molecular flexibility index (Phi) is 7.04. The predicted molar refractivity (Wildman–Crippen MR) is 76.7 cm³/mol. The van der Waals surface area contributed by atoms with E-state index in [1.54, 1.807) is 19.9 Å². The maximum absolute atomic E-state index is 12.1. The summed E-state index contributed by atoms with van der Waals surface area (Å²) in [6, 6.07) is 1.57. The number of hydrogen-bond donors (Lipinski definition) is 1. The number of halogens is 1. The number of aromatic nitrogens is 1. The predicted octanol–water partition coefficient (Wildman–Crippen LogP) is 2.02. The molecule has 1 aromatic rings. The number of pyridine rings is 1. The van der Waals surface area contributed by atoms with Crippen molar-refractivity contribution in [2.24, 2.45) is 0 Å². The number of aliphatic hydroxyl groups is 1. The largest absolute Gasteiger partial charge is 0.464 e. The molecule has 0 radical (unpaired) electrons. The zero-order valence-electron chi connectivity index (χ0n) is 12.4. The van der Waals surface area contributed by atoms with Gasteiger partial charge in [-0.2, -0.15) is 0 Å². The third-order valence-corrected chi connectivity index (χ3v) is 3.32. The van der Waals surface area contributed by atoms with E-state index in [0.29, 0.717) is 10.6 Å². The molecule has 1 aromatic heterocycles. The average molecular weight is 318 g/mol. The fourth-order valence-corrected chi connectivity index (χ4v) is 2.05. The molecule has 0 aliphatic heterocycles. The van der Waals surface area contributed by atoms with Gasteiger partial charge in [0.2, 0.25) is 5.60 Å². The Bertz CT molecular complexity index is 482. The van der Waals surface area contributed by atoms with Crippen LogP contribution in [0.3, 0.4) is 0 Å². The molecule has 0 amide bonds. The third-order valence-electron chi connectivity index (χ3n) is 2.96. The van der Waals surface area contributed by atoms with Crippen LogP contribution in [0.5, 0.6) is 0 Å². The minimum Gasteiger partial charge on any atom is -0.464 e. The molecular weight excluding hydrogens is 298 g/mol. The van der Waals surface area contributed by atoms with Crippen LogP contribution in [-0.2, 0) is 31.2 Å². The number of rotatable bonds is 8. The van der Waals surface area contributed by atoms with Crippen LogP contribution in [0.4, 0.5) is 0 Å². The van der Waals surface area contributed by atoms with Crippen LogP contribution in [0.15, 0.2) is 12.3 Å². The molecule has 1 unspecified atom stereocenters. The number of nitrogens with zero attached hydrogens (tertiary/aromatic N) is 1. The molecule has 6 nitrogen and oxygen atoms in total. The number of methoxy groups -OCH3 is 1. The van der Waals surface area contributed by atoms with Gasteiger partial charge in [0.15, 0.2) is 0 Å². The zero-order valence-corrected chi connectivity index (χ0v) is 13.1. The standard InChI is InChI=1S/C14H20ClNO5/c1-4-14(18,13(17)21-5-2)12-10(8-20-9-19-3)11(15)6-7-16-12/h6-7,18H,4-5,8-9H2,1-3H3. The Morgan fingerprint density at radius 2 is 2.19 bits per heavy atom. The molecule has 0 aromatic carbocycles. The van der Waals surface area contributed by atoms with Gasteiger partial charge in [0.25, 0.3) is 0 Å². The van der Waals surface area contributed by atoms with E-state index in [1.165, 1.54) is 13.3 Å². The van der Waals surface area contributed by atoms with Gasteiger partial charge >= 0.3 is 5.97 Å². The number of hydrogen-bond acceptors (Lipinski definition) is 6. The molecule has 21 heavy (non-hydrogen) atoms. The smallest absolute Gasteiger partial charge is 0.344 e. The second kappa shape index (κ2) is 8.29. The first-order valence-electron chi connectivity index (χ1n) is 6.61. The topological polar surface area (TPSA) is 77.9 Å². The Labute approximate surface area is 129 Å². The molecule has 0 aliphatic carbocycles. The van der Waals surface area contributed by atoms with Crippen molar-refractivity contribution in [3.05, 3.63) is 28.5 Å². The first kappa shape index (κ1) is 17.8. The van der Waals surface area contributed by atoms with Gasteiger partial charge in [0, 0.05) is 23.9 Å². The quantitative estimate of drug-likeness (QED) is 0.449. The van der Waals surface area contributed by atoms with Crippen LogP contribution < -0.4 is 0 Å². The van der Waals surface area contributed by atoms with Gasteiger partial charge in [-0.1, -0.05) is 18.5 Å². The van der Waals surface area contributed by atoms with Gasteiger partial charge in [0.05, 0.1) is 18.9 Å². The summed E-state index contributed by atoms with van der Waals surface area (Å²) in [5.74, 6) is -0.754. The highest BCUT2D eigenvalue weighted by molar-refractivity contribution is 6.31. The van der Waals surface area contributed by atoms with Crippen molar-refractivity contribution in [3.63, 3.8) is 0 Å². The average Bonchev–Trinajstić information content (AvgIpc) is 2.48. The van der Waals surface area contributed by atoms with E-state index in [-0.39, 0.29) is 32.1 Å². The van der Waals surface area contributed by atoms with Crippen molar-refractivity contribution in [3.8, 4) is 0 Å². The summed E-state index contributed by atoms with van der Waals surface area (Å²) in [7, 11) is 1.49. The van der Waals surface area contributed by atoms with Crippen molar-refractivity contribution in [1.82, 2.24) is 4.98 Å². The second-order valence-electron chi connectivity index (χ2n) is 4.31. The third kappa shape index (κ3) is 4.14. The minimum absolute atomic E-state index is 0.0641.